The molecular formula is C26H28ClFO. The first kappa shape index (κ1) is 21.6. The zero-order valence-corrected chi connectivity index (χ0v) is 17.7. The van der Waals surface area contributed by atoms with Crippen molar-refractivity contribution in [2.45, 2.75) is 57.5 Å². The third-order valence-corrected chi connectivity index (χ3v) is 5.67. The molecule has 0 aliphatic heterocycles. The van der Waals surface area contributed by atoms with Gasteiger partial charge in [0.25, 0.3) is 0 Å². The van der Waals surface area contributed by atoms with Gasteiger partial charge in [-0.15, -0.1) is 0 Å². The fraction of sp³-hybridized carbons (Fsp3) is 0.385. The van der Waals surface area contributed by atoms with Gasteiger partial charge < -0.3 is 4.74 Å². The minimum atomic E-state index is -0.387. The topological polar surface area (TPSA) is 9.23 Å². The predicted octanol–water partition coefficient (Wildman–Crippen LogP) is 7.28. The molecule has 0 aromatic heterocycles. The lowest BCUT2D eigenvalue weighted by molar-refractivity contribution is 0.0238. The summed E-state index contributed by atoms with van der Waals surface area (Å²) in [6, 6.07) is 12.9. The zero-order chi connectivity index (χ0) is 20.5. The van der Waals surface area contributed by atoms with Gasteiger partial charge in [0.2, 0.25) is 0 Å². The number of hydrogen-bond donors (Lipinski definition) is 0. The van der Waals surface area contributed by atoms with Crippen molar-refractivity contribution in [1.82, 2.24) is 0 Å². The van der Waals surface area contributed by atoms with E-state index in [9.17, 15) is 4.39 Å². The molecule has 0 atom stereocenters. The van der Waals surface area contributed by atoms with Gasteiger partial charge >= 0.3 is 0 Å². The van der Waals surface area contributed by atoms with Gasteiger partial charge in [-0.05, 0) is 87.3 Å². The first-order chi connectivity index (χ1) is 14.2. The monoisotopic (exact) mass is 410 g/mol. The van der Waals surface area contributed by atoms with Crippen molar-refractivity contribution in [1.29, 1.82) is 0 Å². The molecule has 2 aromatic carbocycles. The van der Waals surface area contributed by atoms with Crippen LogP contribution in [-0.4, -0.2) is 12.7 Å². The molecule has 1 aliphatic rings. The van der Waals surface area contributed by atoms with Crippen LogP contribution in [0.1, 0.15) is 68.1 Å². The zero-order valence-electron chi connectivity index (χ0n) is 17.0. The number of unbranched alkanes of at least 4 members (excludes halogenated alkanes) is 1. The van der Waals surface area contributed by atoms with E-state index in [1.165, 1.54) is 24.5 Å². The van der Waals surface area contributed by atoms with Crippen molar-refractivity contribution in [3.8, 4) is 11.8 Å². The van der Waals surface area contributed by atoms with Crippen molar-refractivity contribution in [2.75, 3.05) is 6.61 Å². The van der Waals surface area contributed by atoms with E-state index in [1.54, 1.807) is 12.1 Å². The van der Waals surface area contributed by atoms with Crippen LogP contribution >= 0.6 is 11.6 Å². The summed E-state index contributed by atoms with van der Waals surface area (Å²) in [4.78, 5) is 0. The Balaban J connectivity index is 1.49. The summed E-state index contributed by atoms with van der Waals surface area (Å²) in [7, 11) is 0. The Kier molecular flexibility index (Phi) is 8.35. The number of allylic oxidation sites excluding steroid dienone is 2. The number of ether oxygens (including phenoxy) is 1. The molecule has 0 unspecified atom stereocenters. The summed E-state index contributed by atoms with van der Waals surface area (Å²) in [5, 5.41) is 0.381. The summed E-state index contributed by atoms with van der Waals surface area (Å²) in [5.41, 5.74) is 2.61. The maximum absolute atomic E-state index is 13.8. The van der Waals surface area contributed by atoms with E-state index in [1.807, 2.05) is 12.1 Å². The Morgan fingerprint density at radius 3 is 2.52 bits per heavy atom. The molecule has 152 valence electrons. The predicted molar refractivity (Wildman–Crippen MR) is 119 cm³/mol. The maximum Gasteiger partial charge on any atom is 0.140 e. The molecule has 0 spiro atoms. The Morgan fingerprint density at radius 1 is 1.07 bits per heavy atom. The average Bonchev–Trinajstić information content (AvgIpc) is 2.74. The Bertz CT molecular complexity index is 868. The molecule has 29 heavy (non-hydrogen) atoms. The SMILES string of the molecule is CC=CCCCOC1CCC(c2ccc(C#Cc3ccc(Cl)cc3F)cc2)CC1. The summed E-state index contributed by atoms with van der Waals surface area (Å²) in [6.45, 7) is 2.92. The van der Waals surface area contributed by atoms with Gasteiger partial charge in [0.15, 0.2) is 0 Å². The molecule has 0 radical (unpaired) electrons. The van der Waals surface area contributed by atoms with Crippen molar-refractivity contribution >= 4 is 11.6 Å². The van der Waals surface area contributed by atoms with Crippen molar-refractivity contribution in [2.24, 2.45) is 0 Å². The fourth-order valence-electron chi connectivity index (χ4n) is 3.75. The van der Waals surface area contributed by atoms with Crippen LogP contribution in [0.15, 0.2) is 54.6 Å². The normalized spacial score (nSPS) is 19.1. The van der Waals surface area contributed by atoms with E-state index in [0.717, 1.165) is 37.9 Å². The molecule has 0 N–H and O–H groups in total. The maximum atomic E-state index is 13.8. The van der Waals surface area contributed by atoms with Crippen LogP contribution in [-0.2, 0) is 4.74 Å². The molecule has 1 aliphatic carbocycles. The van der Waals surface area contributed by atoms with Crippen LogP contribution in [0.25, 0.3) is 0 Å². The lowest BCUT2D eigenvalue weighted by Gasteiger charge is -2.29. The van der Waals surface area contributed by atoms with Gasteiger partial charge in [-0.3, -0.25) is 0 Å². The number of benzene rings is 2. The van der Waals surface area contributed by atoms with Crippen LogP contribution in [0, 0.1) is 17.7 Å². The molecule has 0 heterocycles. The standard InChI is InChI=1S/C26H28ClFO/c1-2-3-4-5-18-29-25-16-13-22(14-17-25)21-9-6-20(7-10-21)8-11-23-12-15-24(27)19-26(23)28/h2-3,6-7,9-10,12,15,19,22,25H,4-5,13-14,16-18H2,1H3. The van der Waals surface area contributed by atoms with Gasteiger partial charge in [0.1, 0.15) is 5.82 Å². The molecule has 0 amide bonds. The molecule has 1 fully saturated rings. The van der Waals surface area contributed by atoms with Crippen LogP contribution in [0.2, 0.25) is 5.02 Å². The quantitative estimate of drug-likeness (QED) is 0.276. The van der Waals surface area contributed by atoms with E-state index in [0.29, 0.717) is 22.6 Å². The van der Waals surface area contributed by atoms with Crippen molar-refractivity contribution in [3.05, 3.63) is 82.1 Å². The van der Waals surface area contributed by atoms with Crippen molar-refractivity contribution < 1.29 is 9.13 Å². The lowest BCUT2D eigenvalue weighted by atomic mass is 9.82. The minimum absolute atomic E-state index is 0.363. The summed E-state index contributed by atoms with van der Waals surface area (Å²) in [5.74, 6) is 6.13. The first-order valence-electron chi connectivity index (χ1n) is 10.5. The van der Waals surface area contributed by atoms with E-state index in [-0.39, 0.29) is 5.82 Å². The highest BCUT2D eigenvalue weighted by Gasteiger charge is 2.22. The molecule has 1 nitrogen and oxygen atoms in total. The van der Waals surface area contributed by atoms with Crippen LogP contribution in [0.5, 0.6) is 0 Å². The molecule has 0 saturated heterocycles. The van der Waals surface area contributed by atoms with Gasteiger partial charge in [0.05, 0.1) is 11.7 Å². The molecular weight excluding hydrogens is 383 g/mol. The second kappa shape index (κ2) is 11.2. The highest BCUT2D eigenvalue weighted by Crippen LogP contribution is 2.34. The summed E-state index contributed by atoms with van der Waals surface area (Å²) in [6.07, 6.45) is 11.5. The smallest absolute Gasteiger partial charge is 0.140 e. The molecule has 3 rings (SSSR count). The van der Waals surface area contributed by atoms with E-state index in [2.05, 4.69) is 43.0 Å². The van der Waals surface area contributed by atoms with E-state index >= 15 is 0 Å². The van der Waals surface area contributed by atoms with Crippen LogP contribution in [0.3, 0.4) is 0 Å². The molecule has 3 heteroatoms. The third kappa shape index (κ3) is 6.74. The molecule has 2 aromatic rings. The molecule has 1 saturated carbocycles. The Labute approximate surface area is 178 Å². The van der Waals surface area contributed by atoms with Gasteiger partial charge in [-0.1, -0.05) is 47.7 Å². The third-order valence-electron chi connectivity index (χ3n) is 5.43. The van der Waals surface area contributed by atoms with Crippen LogP contribution in [0.4, 0.5) is 4.39 Å². The highest BCUT2D eigenvalue weighted by molar-refractivity contribution is 6.30. The fourth-order valence-corrected chi connectivity index (χ4v) is 3.91. The number of rotatable bonds is 6. The van der Waals surface area contributed by atoms with Crippen LogP contribution < -0.4 is 0 Å². The van der Waals surface area contributed by atoms with Gasteiger partial charge in [0, 0.05) is 17.2 Å². The minimum Gasteiger partial charge on any atom is -0.378 e. The highest BCUT2D eigenvalue weighted by atomic mass is 35.5. The van der Waals surface area contributed by atoms with E-state index in [4.69, 9.17) is 16.3 Å². The van der Waals surface area contributed by atoms with Crippen molar-refractivity contribution in [3.63, 3.8) is 0 Å². The Hall–Kier alpha value is -2.08. The second-order valence-electron chi connectivity index (χ2n) is 7.55. The summed E-state index contributed by atoms with van der Waals surface area (Å²) < 4.78 is 19.9. The second-order valence-corrected chi connectivity index (χ2v) is 7.99. The lowest BCUT2D eigenvalue weighted by Crippen LogP contribution is -2.21. The molecule has 0 bridgehead atoms. The summed E-state index contributed by atoms with van der Waals surface area (Å²) >= 11 is 5.78. The number of hydrogen-bond acceptors (Lipinski definition) is 1. The largest absolute Gasteiger partial charge is 0.378 e. The first-order valence-corrected chi connectivity index (χ1v) is 10.8. The average molecular weight is 411 g/mol. The van der Waals surface area contributed by atoms with Gasteiger partial charge in [-0.25, -0.2) is 4.39 Å². The Morgan fingerprint density at radius 2 is 1.83 bits per heavy atom. The van der Waals surface area contributed by atoms with E-state index < -0.39 is 0 Å². The number of halogens is 2. The van der Waals surface area contributed by atoms with Gasteiger partial charge in [-0.2, -0.15) is 0 Å².